The molecule has 2 aromatic heterocycles. The van der Waals surface area contributed by atoms with Crippen LogP contribution in [0.2, 0.25) is 0 Å². The standard InChI is InChI=1S/C23H32N2O5/c1-15-12-21(28)30-22-17(3)23-19(13-18(15)22)16(2)20(29-23)14-24-6-4-5-7-25(8-10-26)9-11-27/h12-13,24,26-27H,4-11,14H2,1-3H3. The lowest BCUT2D eigenvalue weighted by Gasteiger charge is -2.19. The molecule has 2 heterocycles. The fraction of sp³-hybridized carbons (Fsp3) is 0.522. The van der Waals surface area contributed by atoms with E-state index in [0.717, 1.165) is 64.7 Å². The third-order valence-corrected chi connectivity index (χ3v) is 5.66. The van der Waals surface area contributed by atoms with Gasteiger partial charge in [-0.3, -0.25) is 4.90 Å². The number of aliphatic hydroxyl groups is 2. The van der Waals surface area contributed by atoms with Crippen molar-refractivity contribution in [1.29, 1.82) is 0 Å². The fourth-order valence-corrected chi connectivity index (χ4v) is 3.93. The number of unbranched alkanes of at least 4 members (excludes halogenated alkanes) is 1. The van der Waals surface area contributed by atoms with E-state index in [4.69, 9.17) is 19.0 Å². The third-order valence-electron chi connectivity index (χ3n) is 5.66. The Morgan fingerprint density at radius 1 is 0.900 bits per heavy atom. The number of aliphatic hydroxyl groups excluding tert-OH is 2. The van der Waals surface area contributed by atoms with Gasteiger partial charge < -0.3 is 24.4 Å². The molecule has 0 fully saturated rings. The van der Waals surface area contributed by atoms with E-state index in [1.807, 2.05) is 13.8 Å². The summed E-state index contributed by atoms with van der Waals surface area (Å²) in [4.78, 5) is 13.8. The van der Waals surface area contributed by atoms with Crippen LogP contribution in [0, 0.1) is 20.8 Å². The van der Waals surface area contributed by atoms with E-state index in [9.17, 15) is 4.79 Å². The molecule has 0 saturated carbocycles. The first-order valence-electron chi connectivity index (χ1n) is 10.6. The van der Waals surface area contributed by atoms with E-state index in [1.165, 1.54) is 6.07 Å². The molecule has 3 aromatic rings. The summed E-state index contributed by atoms with van der Waals surface area (Å²) in [5.74, 6) is 0.894. The molecule has 3 N–H and O–H groups in total. The monoisotopic (exact) mass is 416 g/mol. The van der Waals surface area contributed by atoms with Gasteiger partial charge in [0.15, 0.2) is 0 Å². The number of furan rings is 1. The molecule has 0 bridgehead atoms. The maximum Gasteiger partial charge on any atom is 0.336 e. The van der Waals surface area contributed by atoms with Crippen molar-refractivity contribution >= 4 is 21.9 Å². The quantitative estimate of drug-likeness (QED) is 0.326. The van der Waals surface area contributed by atoms with Crippen LogP contribution in [0.25, 0.3) is 21.9 Å². The minimum Gasteiger partial charge on any atom is -0.459 e. The maximum atomic E-state index is 11.8. The van der Waals surface area contributed by atoms with E-state index in [1.54, 1.807) is 0 Å². The average molecular weight is 417 g/mol. The molecule has 3 rings (SSSR count). The summed E-state index contributed by atoms with van der Waals surface area (Å²) >= 11 is 0. The number of nitrogens with one attached hydrogen (secondary N) is 1. The van der Waals surface area contributed by atoms with Crippen LogP contribution in [-0.4, -0.2) is 54.5 Å². The molecule has 1 aromatic carbocycles. The van der Waals surface area contributed by atoms with Crippen molar-refractivity contribution in [3.8, 4) is 0 Å². The number of hydrogen-bond acceptors (Lipinski definition) is 7. The van der Waals surface area contributed by atoms with Crippen molar-refractivity contribution in [2.45, 2.75) is 40.2 Å². The first-order valence-corrected chi connectivity index (χ1v) is 10.6. The summed E-state index contributed by atoms with van der Waals surface area (Å²) in [5.41, 5.74) is 3.88. The zero-order chi connectivity index (χ0) is 21.7. The van der Waals surface area contributed by atoms with Crippen molar-refractivity contribution in [1.82, 2.24) is 10.2 Å². The average Bonchev–Trinajstić information content (AvgIpc) is 3.02. The molecule has 0 saturated heterocycles. The number of nitrogens with zero attached hydrogens (tertiary/aromatic N) is 1. The Balaban J connectivity index is 1.64. The van der Waals surface area contributed by atoms with E-state index in [0.29, 0.717) is 25.2 Å². The molecule has 0 unspecified atom stereocenters. The molecule has 0 spiro atoms. The second kappa shape index (κ2) is 10.2. The second-order valence-corrected chi connectivity index (χ2v) is 7.83. The number of benzene rings is 1. The molecule has 0 atom stereocenters. The zero-order valence-corrected chi connectivity index (χ0v) is 18.1. The van der Waals surface area contributed by atoms with E-state index < -0.39 is 0 Å². The highest BCUT2D eigenvalue weighted by atomic mass is 16.4. The lowest BCUT2D eigenvalue weighted by molar-refractivity contribution is 0.159. The highest BCUT2D eigenvalue weighted by molar-refractivity contribution is 5.99. The molecule has 0 aliphatic heterocycles. The summed E-state index contributed by atoms with van der Waals surface area (Å²) in [5, 5.41) is 23.6. The zero-order valence-electron chi connectivity index (χ0n) is 18.1. The van der Waals surface area contributed by atoms with Crippen molar-refractivity contribution in [3.63, 3.8) is 0 Å². The molecular weight excluding hydrogens is 384 g/mol. The van der Waals surface area contributed by atoms with Gasteiger partial charge in [-0.15, -0.1) is 0 Å². The van der Waals surface area contributed by atoms with Crippen molar-refractivity contribution in [2.24, 2.45) is 0 Å². The topological polar surface area (TPSA) is 99.1 Å². The minimum absolute atomic E-state index is 0.112. The van der Waals surface area contributed by atoms with Gasteiger partial charge in [0.1, 0.15) is 16.9 Å². The predicted octanol–water partition coefficient (Wildman–Crippen LogP) is 2.62. The van der Waals surface area contributed by atoms with Crippen LogP contribution in [0.15, 0.2) is 25.8 Å². The van der Waals surface area contributed by atoms with Crippen LogP contribution in [0.5, 0.6) is 0 Å². The SMILES string of the molecule is Cc1cc(=O)oc2c(C)c3oc(CNCCCCN(CCO)CCO)c(C)c3cc12. The first-order chi connectivity index (χ1) is 14.5. The van der Waals surface area contributed by atoms with Gasteiger partial charge in [-0.1, -0.05) is 0 Å². The van der Waals surface area contributed by atoms with E-state index >= 15 is 0 Å². The van der Waals surface area contributed by atoms with E-state index in [2.05, 4.69) is 23.2 Å². The van der Waals surface area contributed by atoms with Crippen LogP contribution in [0.1, 0.15) is 35.3 Å². The molecule has 0 radical (unpaired) electrons. The molecule has 7 heteroatoms. The number of fused-ring (bicyclic) bond motifs is 2. The molecule has 30 heavy (non-hydrogen) atoms. The first kappa shape index (κ1) is 22.5. The predicted molar refractivity (Wildman–Crippen MR) is 118 cm³/mol. The van der Waals surface area contributed by atoms with Crippen LogP contribution >= 0.6 is 0 Å². The summed E-state index contributed by atoms with van der Waals surface area (Å²) < 4.78 is 11.6. The summed E-state index contributed by atoms with van der Waals surface area (Å²) in [6.45, 7) is 9.68. The lowest BCUT2D eigenvalue weighted by atomic mass is 10.0. The van der Waals surface area contributed by atoms with Crippen LogP contribution in [0.3, 0.4) is 0 Å². The summed E-state index contributed by atoms with van der Waals surface area (Å²) in [6.07, 6.45) is 1.99. The van der Waals surface area contributed by atoms with Crippen molar-refractivity contribution in [3.05, 3.63) is 45.0 Å². The fourth-order valence-electron chi connectivity index (χ4n) is 3.93. The highest BCUT2D eigenvalue weighted by Gasteiger charge is 2.17. The molecule has 0 aliphatic carbocycles. The van der Waals surface area contributed by atoms with Crippen LogP contribution in [0.4, 0.5) is 0 Å². The van der Waals surface area contributed by atoms with Gasteiger partial charge in [0.2, 0.25) is 0 Å². The van der Waals surface area contributed by atoms with Gasteiger partial charge in [0.25, 0.3) is 0 Å². The Morgan fingerprint density at radius 2 is 1.60 bits per heavy atom. The molecular formula is C23H32N2O5. The highest BCUT2D eigenvalue weighted by Crippen LogP contribution is 2.34. The summed E-state index contributed by atoms with van der Waals surface area (Å²) in [7, 11) is 0. The largest absolute Gasteiger partial charge is 0.459 e. The third kappa shape index (κ3) is 4.92. The smallest absolute Gasteiger partial charge is 0.336 e. The van der Waals surface area contributed by atoms with Crippen molar-refractivity contribution < 1.29 is 19.0 Å². The Bertz CT molecular complexity index is 1050. The normalized spacial score (nSPS) is 11.9. The van der Waals surface area contributed by atoms with Gasteiger partial charge in [-0.25, -0.2) is 4.79 Å². The Labute approximate surface area is 176 Å². The minimum atomic E-state index is -0.343. The van der Waals surface area contributed by atoms with Crippen LogP contribution in [-0.2, 0) is 6.54 Å². The Kier molecular flexibility index (Phi) is 7.66. The van der Waals surface area contributed by atoms with Gasteiger partial charge in [-0.05, 0) is 63.9 Å². The molecule has 0 amide bonds. The van der Waals surface area contributed by atoms with Gasteiger partial charge >= 0.3 is 5.63 Å². The Morgan fingerprint density at radius 3 is 2.30 bits per heavy atom. The molecule has 7 nitrogen and oxygen atoms in total. The van der Waals surface area contributed by atoms with Gasteiger partial charge in [0.05, 0.1) is 19.8 Å². The maximum absolute atomic E-state index is 11.8. The van der Waals surface area contributed by atoms with Gasteiger partial charge in [-0.2, -0.15) is 0 Å². The van der Waals surface area contributed by atoms with Crippen LogP contribution < -0.4 is 10.9 Å². The molecule has 164 valence electrons. The second-order valence-electron chi connectivity index (χ2n) is 7.83. The van der Waals surface area contributed by atoms with Crippen molar-refractivity contribution in [2.75, 3.05) is 39.4 Å². The Hall–Kier alpha value is -2.19. The number of hydrogen-bond donors (Lipinski definition) is 3. The number of aryl methyl sites for hydroxylation is 3. The van der Waals surface area contributed by atoms with E-state index in [-0.39, 0.29) is 18.8 Å². The molecule has 0 aliphatic rings. The number of rotatable bonds is 11. The van der Waals surface area contributed by atoms with Gasteiger partial charge in [0, 0.05) is 35.5 Å². The summed E-state index contributed by atoms with van der Waals surface area (Å²) in [6, 6.07) is 3.57. The lowest BCUT2D eigenvalue weighted by Crippen LogP contribution is -2.31.